The minimum Gasteiger partial charge on any atom is -0.324 e. The second-order valence-electron chi connectivity index (χ2n) is 3.05. The summed E-state index contributed by atoms with van der Waals surface area (Å²) < 4.78 is 0.988. The Balaban J connectivity index is 2.72. The zero-order valence-electron chi connectivity index (χ0n) is 8.01. The number of carbonyl (C=O) groups is 2. The molecule has 0 atom stereocenters. The van der Waals surface area contributed by atoms with E-state index < -0.39 is 0 Å². The van der Waals surface area contributed by atoms with Gasteiger partial charge in [0, 0.05) is 3.57 Å². The Bertz CT molecular complexity index is 406. The van der Waals surface area contributed by atoms with Crippen molar-refractivity contribution in [1.82, 2.24) is 0 Å². The van der Waals surface area contributed by atoms with Crippen LogP contribution in [0, 0.1) is 3.57 Å². The molecule has 1 aromatic carbocycles. The maximum Gasteiger partial charge on any atom is 0.231 e. The van der Waals surface area contributed by atoms with Gasteiger partial charge < -0.3 is 5.32 Å². The fourth-order valence-electron chi connectivity index (χ4n) is 1.01. The minimum atomic E-state index is -0.342. The van der Waals surface area contributed by atoms with Gasteiger partial charge in [-0.15, -0.1) is 0 Å². The van der Waals surface area contributed by atoms with Crippen molar-refractivity contribution in [2.45, 2.75) is 13.3 Å². The first-order chi connectivity index (χ1) is 6.99. The van der Waals surface area contributed by atoms with Gasteiger partial charge in [0.1, 0.15) is 5.78 Å². The second kappa shape index (κ2) is 5.46. The van der Waals surface area contributed by atoms with Crippen LogP contribution >= 0.6 is 34.2 Å². The molecule has 0 aliphatic rings. The number of rotatable bonds is 3. The lowest BCUT2D eigenvalue weighted by atomic mass is 10.2. The van der Waals surface area contributed by atoms with E-state index in [1.807, 2.05) is 6.07 Å². The third-order valence-corrected chi connectivity index (χ3v) is 2.60. The average Bonchev–Trinajstić information content (AvgIpc) is 2.08. The van der Waals surface area contributed by atoms with Crippen LogP contribution in [0.5, 0.6) is 0 Å². The van der Waals surface area contributed by atoms with E-state index >= 15 is 0 Å². The number of ketones is 1. The van der Waals surface area contributed by atoms with E-state index in [0.29, 0.717) is 10.7 Å². The van der Waals surface area contributed by atoms with Crippen molar-refractivity contribution in [3.63, 3.8) is 0 Å². The summed E-state index contributed by atoms with van der Waals surface area (Å²) in [5, 5.41) is 3.04. The molecule has 0 saturated heterocycles. The predicted octanol–water partition coefficient (Wildman–Crippen LogP) is 2.86. The van der Waals surface area contributed by atoms with Crippen molar-refractivity contribution >= 4 is 51.6 Å². The number of halogens is 2. The number of carbonyl (C=O) groups excluding carboxylic acids is 2. The number of amides is 1. The number of benzene rings is 1. The predicted molar refractivity (Wildman–Crippen MR) is 68.1 cm³/mol. The maximum atomic E-state index is 11.3. The van der Waals surface area contributed by atoms with Gasteiger partial charge >= 0.3 is 0 Å². The van der Waals surface area contributed by atoms with Crippen LogP contribution in [0.4, 0.5) is 5.69 Å². The molecule has 1 rings (SSSR count). The van der Waals surface area contributed by atoms with Gasteiger partial charge in [-0.1, -0.05) is 11.6 Å². The summed E-state index contributed by atoms with van der Waals surface area (Å²) in [5.74, 6) is -0.514. The monoisotopic (exact) mass is 337 g/mol. The SMILES string of the molecule is CC(=O)CC(=O)Nc1ccc(I)cc1Cl. The normalized spacial score (nSPS) is 9.80. The third-order valence-electron chi connectivity index (χ3n) is 1.61. The maximum absolute atomic E-state index is 11.3. The van der Waals surface area contributed by atoms with E-state index in [1.54, 1.807) is 12.1 Å². The van der Waals surface area contributed by atoms with Gasteiger partial charge in [0.05, 0.1) is 17.1 Å². The van der Waals surface area contributed by atoms with E-state index in [1.165, 1.54) is 6.92 Å². The summed E-state index contributed by atoms with van der Waals surface area (Å²) in [7, 11) is 0. The molecule has 1 aromatic rings. The van der Waals surface area contributed by atoms with Crippen LogP contribution in [-0.4, -0.2) is 11.7 Å². The average molecular weight is 338 g/mol. The molecule has 0 aliphatic heterocycles. The van der Waals surface area contributed by atoms with Crippen molar-refractivity contribution < 1.29 is 9.59 Å². The molecular formula is C10H9ClINO2. The Morgan fingerprint density at radius 2 is 2.13 bits per heavy atom. The van der Waals surface area contributed by atoms with E-state index in [4.69, 9.17) is 11.6 Å². The van der Waals surface area contributed by atoms with Gasteiger partial charge in [-0.05, 0) is 47.7 Å². The number of anilines is 1. The third kappa shape index (κ3) is 4.17. The van der Waals surface area contributed by atoms with Gasteiger partial charge in [0.25, 0.3) is 0 Å². The first-order valence-corrected chi connectivity index (χ1v) is 5.69. The molecule has 80 valence electrons. The highest BCUT2D eigenvalue weighted by molar-refractivity contribution is 14.1. The topological polar surface area (TPSA) is 46.2 Å². The lowest BCUT2D eigenvalue weighted by Gasteiger charge is -2.06. The quantitative estimate of drug-likeness (QED) is 0.681. The van der Waals surface area contributed by atoms with Crippen molar-refractivity contribution in [2.75, 3.05) is 5.32 Å². The molecule has 0 spiro atoms. The van der Waals surface area contributed by atoms with Gasteiger partial charge in [-0.3, -0.25) is 9.59 Å². The summed E-state index contributed by atoms with van der Waals surface area (Å²) in [6, 6.07) is 5.28. The summed E-state index contributed by atoms with van der Waals surface area (Å²) in [4.78, 5) is 22.0. The first kappa shape index (κ1) is 12.4. The zero-order chi connectivity index (χ0) is 11.4. The number of Topliss-reactive ketones (excluding diaryl/α,β-unsaturated/α-hetero) is 1. The Hall–Kier alpha value is -0.620. The summed E-state index contributed by atoms with van der Waals surface area (Å²) in [6.07, 6.45) is -0.123. The highest BCUT2D eigenvalue weighted by Gasteiger charge is 2.07. The molecule has 3 nitrogen and oxygen atoms in total. The van der Waals surface area contributed by atoms with Crippen LogP contribution in [0.1, 0.15) is 13.3 Å². The van der Waals surface area contributed by atoms with Crippen LogP contribution in [-0.2, 0) is 9.59 Å². The van der Waals surface area contributed by atoms with Crippen LogP contribution in [0.15, 0.2) is 18.2 Å². The lowest BCUT2D eigenvalue weighted by molar-refractivity contribution is -0.124. The summed E-state index contributed by atoms with van der Waals surface area (Å²) >= 11 is 8.03. The Kier molecular flexibility index (Phi) is 4.53. The van der Waals surface area contributed by atoms with Crippen LogP contribution in [0.25, 0.3) is 0 Å². The molecule has 0 radical (unpaired) electrons. The van der Waals surface area contributed by atoms with Crippen molar-refractivity contribution in [2.24, 2.45) is 0 Å². The Morgan fingerprint density at radius 1 is 1.47 bits per heavy atom. The molecule has 0 heterocycles. The van der Waals surface area contributed by atoms with Crippen LogP contribution in [0.3, 0.4) is 0 Å². The van der Waals surface area contributed by atoms with Crippen molar-refractivity contribution in [3.05, 3.63) is 26.8 Å². The molecule has 0 bridgehead atoms. The minimum absolute atomic E-state index is 0.123. The molecule has 1 amide bonds. The fraction of sp³-hybridized carbons (Fsp3) is 0.200. The largest absolute Gasteiger partial charge is 0.324 e. The highest BCUT2D eigenvalue weighted by atomic mass is 127. The van der Waals surface area contributed by atoms with Gasteiger partial charge in [0.2, 0.25) is 5.91 Å². The molecular weight excluding hydrogens is 328 g/mol. The zero-order valence-corrected chi connectivity index (χ0v) is 10.9. The number of hydrogen-bond acceptors (Lipinski definition) is 2. The van der Waals surface area contributed by atoms with E-state index in [9.17, 15) is 9.59 Å². The first-order valence-electron chi connectivity index (χ1n) is 4.23. The van der Waals surface area contributed by atoms with E-state index in [0.717, 1.165) is 3.57 Å². The van der Waals surface area contributed by atoms with Crippen LogP contribution in [0.2, 0.25) is 5.02 Å². The van der Waals surface area contributed by atoms with Crippen LogP contribution < -0.4 is 5.32 Å². The molecule has 0 aromatic heterocycles. The van der Waals surface area contributed by atoms with Gasteiger partial charge in [-0.25, -0.2) is 0 Å². The standard InChI is InChI=1S/C10H9ClINO2/c1-6(14)4-10(15)13-9-3-2-7(12)5-8(9)11/h2-3,5H,4H2,1H3,(H,13,15). The molecule has 15 heavy (non-hydrogen) atoms. The summed E-state index contributed by atoms with van der Waals surface area (Å²) in [5.41, 5.74) is 0.531. The van der Waals surface area contributed by atoms with E-state index in [-0.39, 0.29) is 18.1 Å². The Labute approximate surface area is 106 Å². The Morgan fingerprint density at radius 3 is 2.67 bits per heavy atom. The summed E-state index contributed by atoms with van der Waals surface area (Å²) in [6.45, 7) is 1.37. The molecule has 0 unspecified atom stereocenters. The molecule has 0 saturated carbocycles. The van der Waals surface area contributed by atoms with Crippen molar-refractivity contribution in [3.8, 4) is 0 Å². The van der Waals surface area contributed by atoms with E-state index in [2.05, 4.69) is 27.9 Å². The lowest BCUT2D eigenvalue weighted by Crippen LogP contribution is -2.14. The second-order valence-corrected chi connectivity index (χ2v) is 4.70. The van der Waals surface area contributed by atoms with Gasteiger partial charge in [0.15, 0.2) is 0 Å². The molecule has 1 N–H and O–H groups in total. The highest BCUT2D eigenvalue weighted by Crippen LogP contribution is 2.23. The molecule has 5 heteroatoms. The fourth-order valence-corrected chi connectivity index (χ4v) is 1.91. The number of hydrogen-bond donors (Lipinski definition) is 1. The number of nitrogens with one attached hydrogen (secondary N) is 1. The molecule has 0 aliphatic carbocycles. The van der Waals surface area contributed by atoms with Crippen molar-refractivity contribution in [1.29, 1.82) is 0 Å². The van der Waals surface area contributed by atoms with Gasteiger partial charge in [-0.2, -0.15) is 0 Å². The molecule has 0 fully saturated rings. The smallest absolute Gasteiger partial charge is 0.231 e.